The van der Waals surface area contributed by atoms with Crippen LogP contribution in [-0.2, 0) is 0 Å². The van der Waals surface area contributed by atoms with Crippen LogP contribution in [0, 0.1) is 0 Å². The molecule has 0 aliphatic heterocycles. The van der Waals surface area contributed by atoms with Crippen molar-refractivity contribution in [3.63, 3.8) is 0 Å². The fourth-order valence-electron chi connectivity index (χ4n) is 9.63. The van der Waals surface area contributed by atoms with E-state index in [0.717, 1.165) is 99.5 Å². The Labute approximate surface area is 374 Å². The van der Waals surface area contributed by atoms with Gasteiger partial charge >= 0.3 is 0 Å². The molecule has 0 unspecified atom stereocenters. The van der Waals surface area contributed by atoms with Crippen molar-refractivity contribution in [3.05, 3.63) is 224 Å². The molecule has 4 heteroatoms. The van der Waals surface area contributed by atoms with E-state index >= 15 is 0 Å². The zero-order valence-corrected chi connectivity index (χ0v) is 35.1. The summed E-state index contributed by atoms with van der Waals surface area (Å²) in [6.07, 6.45) is 0. The largest absolute Gasteiger partial charge is 0.456 e. The van der Waals surface area contributed by atoms with Crippen molar-refractivity contribution in [2.24, 2.45) is 0 Å². The van der Waals surface area contributed by atoms with Gasteiger partial charge in [0.05, 0.1) is 22.6 Å². The average Bonchev–Trinajstić information content (AvgIpc) is 3.76. The lowest BCUT2D eigenvalue weighted by molar-refractivity contribution is 0.669. The molecule has 3 aromatic heterocycles. The zero-order chi connectivity index (χ0) is 42.8. The lowest BCUT2D eigenvalue weighted by atomic mass is 9.89. The van der Waals surface area contributed by atoms with Crippen molar-refractivity contribution in [2.45, 2.75) is 0 Å². The summed E-state index contributed by atoms with van der Waals surface area (Å²) in [5, 5.41) is 10.2. The van der Waals surface area contributed by atoms with Crippen LogP contribution in [0.15, 0.2) is 229 Å². The third-order valence-corrected chi connectivity index (χ3v) is 12.8. The molecule has 0 fully saturated rings. The minimum absolute atomic E-state index is 0.682. The molecule has 0 aliphatic carbocycles. The number of hydrogen-bond donors (Lipinski definition) is 0. The van der Waals surface area contributed by atoms with Gasteiger partial charge in [0.15, 0.2) is 5.82 Å². The maximum Gasteiger partial charge on any atom is 0.160 e. The number of nitrogens with zero attached hydrogens (tertiary/aromatic N) is 3. The van der Waals surface area contributed by atoms with Crippen LogP contribution in [0.3, 0.4) is 0 Å². The lowest BCUT2D eigenvalue weighted by Crippen LogP contribution is -1.96. The first-order valence-corrected chi connectivity index (χ1v) is 22.0. The number of benzene rings is 10. The SMILES string of the molecule is c1ccc(-c2ccc(-c3c4c(cc5c(-c6ccc(-c7cc(-c8ccc9ccccc9c8)nc(-c8ccc9ccccc9c8)n7)cc6)nc6ccccc6c35)oc3ccccc34)cc2)cc1. The van der Waals surface area contributed by atoms with Crippen molar-refractivity contribution in [3.8, 4) is 67.4 Å². The number of fused-ring (bicyclic) bond motifs is 8. The van der Waals surface area contributed by atoms with E-state index in [2.05, 4.69) is 218 Å². The smallest absolute Gasteiger partial charge is 0.160 e. The Balaban J connectivity index is 0.994. The number of para-hydroxylation sites is 2. The van der Waals surface area contributed by atoms with E-state index in [0.29, 0.717) is 5.82 Å². The third-order valence-electron chi connectivity index (χ3n) is 12.8. The summed E-state index contributed by atoms with van der Waals surface area (Å²) in [6, 6.07) is 79.2. The standard InChI is InChI=1S/C61H37N3O/c1-2-12-38(13-3-1)41-22-28-43(29-23-41)57-58-49-18-8-10-20-52(49)62-60(51(58)36-56-59(57)50-19-9-11-21-55(50)65-56)44-30-26-42(27-31-44)53-37-54(47-32-24-39-14-4-6-16-45(39)34-47)64-61(63-53)48-33-25-40-15-5-7-17-46(40)35-48/h1-37H. The number of pyridine rings is 1. The first-order valence-electron chi connectivity index (χ1n) is 22.0. The molecule has 0 bridgehead atoms. The summed E-state index contributed by atoms with van der Waals surface area (Å²) in [5.74, 6) is 0.682. The monoisotopic (exact) mass is 827 g/mol. The molecule has 0 atom stereocenters. The Morgan fingerprint density at radius 2 is 0.831 bits per heavy atom. The van der Waals surface area contributed by atoms with Gasteiger partial charge in [-0.25, -0.2) is 15.0 Å². The molecule has 0 N–H and O–H groups in total. The third kappa shape index (κ3) is 6.34. The van der Waals surface area contributed by atoms with Crippen LogP contribution in [-0.4, -0.2) is 15.0 Å². The summed E-state index contributed by atoms with van der Waals surface area (Å²) in [5.41, 5.74) is 13.9. The molecule has 0 spiro atoms. The van der Waals surface area contributed by atoms with Gasteiger partial charge < -0.3 is 4.42 Å². The van der Waals surface area contributed by atoms with E-state index in [1.54, 1.807) is 0 Å². The van der Waals surface area contributed by atoms with E-state index in [-0.39, 0.29) is 0 Å². The summed E-state index contributed by atoms with van der Waals surface area (Å²) in [6.45, 7) is 0. The molecular formula is C61H37N3O. The van der Waals surface area contributed by atoms with Gasteiger partial charge in [0, 0.05) is 54.7 Å². The van der Waals surface area contributed by atoms with Crippen LogP contribution in [0.5, 0.6) is 0 Å². The Hall–Kier alpha value is -8.73. The second kappa shape index (κ2) is 15.0. The molecule has 4 nitrogen and oxygen atoms in total. The fraction of sp³-hybridized carbons (Fsp3) is 0. The summed E-state index contributed by atoms with van der Waals surface area (Å²) in [7, 11) is 0. The Morgan fingerprint density at radius 3 is 1.58 bits per heavy atom. The second-order valence-electron chi connectivity index (χ2n) is 16.7. The predicted molar refractivity (Wildman–Crippen MR) is 270 cm³/mol. The Kier molecular flexibility index (Phi) is 8.50. The molecule has 0 saturated carbocycles. The Morgan fingerprint density at radius 1 is 0.292 bits per heavy atom. The van der Waals surface area contributed by atoms with Crippen LogP contribution in [0.2, 0.25) is 0 Å². The highest BCUT2D eigenvalue weighted by Crippen LogP contribution is 2.46. The van der Waals surface area contributed by atoms with Crippen LogP contribution < -0.4 is 0 Å². The van der Waals surface area contributed by atoms with Gasteiger partial charge in [-0.15, -0.1) is 0 Å². The van der Waals surface area contributed by atoms with Gasteiger partial charge in [-0.2, -0.15) is 0 Å². The van der Waals surface area contributed by atoms with Gasteiger partial charge in [0.1, 0.15) is 11.2 Å². The van der Waals surface area contributed by atoms with Crippen molar-refractivity contribution in [1.29, 1.82) is 0 Å². The van der Waals surface area contributed by atoms with Crippen molar-refractivity contribution >= 4 is 65.2 Å². The molecule has 13 rings (SSSR count). The van der Waals surface area contributed by atoms with E-state index in [4.69, 9.17) is 19.4 Å². The predicted octanol–water partition coefficient (Wildman–Crippen LogP) is 16.4. The summed E-state index contributed by atoms with van der Waals surface area (Å²) < 4.78 is 6.70. The lowest BCUT2D eigenvalue weighted by Gasteiger charge is -2.16. The number of aromatic nitrogens is 3. The van der Waals surface area contributed by atoms with Gasteiger partial charge in [-0.05, 0) is 74.6 Å². The zero-order valence-electron chi connectivity index (χ0n) is 35.1. The molecule has 0 radical (unpaired) electrons. The maximum absolute atomic E-state index is 6.70. The molecule has 10 aromatic carbocycles. The minimum atomic E-state index is 0.682. The molecule has 0 saturated heterocycles. The highest BCUT2D eigenvalue weighted by Gasteiger charge is 2.22. The quantitative estimate of drug-likeness (QED) is 0.157. The van der Waals surface area contributed by atoms with Crippen LogP contribution in [0.4, 0.5) is 0 Å². The van der Waals surface area contributed by atoms with E-state index in [1.165, 1.54) is 27.3 Å². The van der Waals surface area contributed by atoms with Crippen molar-refractivity contribution < 1.29 is 4.42 Å². The number of furan rings is 1. The van der Waals surface area contributed by atoms with Gasteiger partial charge in [-0.3, -0.25) is 0 Å². The van der Waals surface area contributed by atoms with Crippen molar-refractivity contribution in [2.75, 3.05) is 0 Å². The molecule has 3 heterocycles. The highest BCUT2D eigenvalue weighted by atomic mass is 16.3. The Bertz CT molecular complexity index is 3890. The molecule has 0 amide bonds. The van der Waals surface area contributed by atoms with Crippen molar-refractivity contribution in [1.82, 2.24) is 15.0 Å². The van der Waals surface area contributed by atoms with Gasteiger partial charge in [0.25, 0.3) is 0 Å². The number of hydrogen-bond acceptors (Lipinski definition) is 4. The molecule has 13 aromatic rings. The van der Waals surface area contributed by atoms with Gasteiger partial charge in [0.2, 0.25) is 0 Å². The maximum atomic E-state index is 6.70. The molecular weight excluding hydrogens is 791 g/mol. The minimum Gasteiger partial charge on any atom is -0.456 e. The fourth-order valence-corrected chi connectivity index (χ4v) is 9.63. The summed E-state index contributed by atoms with van der Waals surface area (Å²) >= 11 is 0. The van der Waals surface area contributed by atoms with Crippen LogP contribution in [0.25, 0.3) is 133 Å². The van der Waals surface area contributed by atoms with Crippen LogP contribution >= 0.6 is 0 Å². The van der Waals surface area contributed by atoms with Gasteiger partial charge in [-0.1, -0.05) is 188 Å². The molecule has 302 valence electrons. The van der Waals surface area contributed by atoms with E-state index in [1.807, 2.05) is 6.07 Å². The topological polar surface area (TPSA) is 51.8 Å². The van der Waals surface area contributed by atoms with Crippen LogP contribution in [0.1, 0.15) is 0 Å². The second-order valence-corrected chi connectivity index (χ2v) is 16.7. The highest BCUT2D eigenvalue weighted by molar-refractivity contribution is 6.27. The molecule has 65 heavy (non-hydrogen) atoms. The molecule has 0 aliphatic rings. The van der Waals surface area contributed by atoms with E-state index < -0.39 is 0 Å². The van der Waals surface area contributed by atoms with E-state index in [9.17, 15) is 0 Å². The first-order chi connectivity index (χ1) is 32.2. The number of rotatable bonds is 6. The summed E-state index contributed by atoms with van der Waals surface area (Å²) in [4.78, 5) is 15.9. The average molecular weight is 828 g/mol. The first kappa shape index (κ1) is 36.9. The normalized spacial score (nSPS) is 11.7.